The van der Waals surface area contributed by atoms with Crippen LogP contribution in [0.1, 0.15) is 76.1 Å². The smallest absolute Gasteiger partial charge is 0.407 e. The molecule has 0 spiro atoms. The standard InChI is InChI=1S/C46H51ClN8O7/c1-22(2)37(51-45(58)61-4)43(56)54-33-18-29(33)21-36(54)42-50-38(40(47)52-42)28-8-7-24-15-25(5-6-26(24)16-28)27-9-10-31-32(17-27)49-41(48-31)35-20-30-19-34(30)55(35)44(57)39(53(3)46(59)60)23-11-13-62-14-12-23/h5-10,15-17,22-23,29-30,33-37,39H,11-14,18-21H2,1-4H3,(H,48,49)(H,50,52)(H,51,58)(H,59,60)/t29-,30-,33-,34-,35+,36+,37+,39+/m1/s1. The van der Waals surface area contributed by atoms with Gasteiger partial charge in [0.1, 0.15) is 34.6 Å². The summed E-state index contributed by atoms with van der Waals surface area (Å²) < 4.78 is 10.4. The van der Waals surface area contributed by atoms with E-state index in [0.29, 0.717) is 54.6 Å². The van der Waals surface area contributed by atoms with Gasteiger partial charge in [-0.2, -0.15) is 0 Å². The number of rotatable bonds is 10. The van der Waals surface area contributed by atoms with Crippen LogP contribution in [0.15, 0.2) is 54.6 Å². The SMILES string of the molecule is COC(=O)N[C@H](C(=O)N1[C@@H]2C[C@@H]2C[C@H]1c1nc(-c2ccc3cc(-c4ccc5nc([C@@H]6C[C@H]7C[C@H]7N6C(=O)[C@H](C6CCOCC6)N(C)C(=O)O)[nH]c5c4)ccc3c2)c(Cl)[nH]1)C(C)C. The first kappa shape index (κ1) is 40.4. The van der Waals surface area contributed by atoms with E-state index < -0.39 is 24.3 Å². The van der Waals surface area contributed by atoms with Crippen molar-refractivity contribution in [1.82, 2.24) is 40.0 Å². The molecule has 3 aliphatic heterocycles. The molecule has 16 heteroatoms. The van der Waals surface area contributed by atoms with Gasteiger partial charge in [-0.1, -0.05) is 55.8 Å². The summed E-state index contributed by atoms with van der Waals surface area (Å²) in [7, 11) is 2.79. The molecule has 5 fully saturated rings. The number of aromatic amines is 2. The quantitative estimate of drug-likeness (QED) is 0.110. The summed E-state index contributed by atoms with van der Waals surface area (Å²) in [6, 6.07) is 16.8. The Morgan fingerprint density at radius 1 is 0.839 bits per heavy atom. The van der Waals surface area contributed by atoms with Gasteiger partial charge < -0.3 is 39.7 Å². The van der Waals surface area contributed by atoms with Crippen molar-refractivity contribution in [3.05, 3.63) is 71.4 Å². The zero-order chi connectivity index (χ0) is 43.1. The number of carboxylic acid groups (broad SMARTS) is 1. The molecule has 0 radical (unpaired) electrons. The molecular weight excluding hydrogens is 812 g/mol. The van der Waals surface area contributed by atoms with E-state index in [0.717, 1.165) is 70.0 Å². The number of hydrogen-bond acceptors (Lipinski definition) is 8. The Balaban J connectivity index is 0.877. The molecule has 0 bridgehead atoms. The van der Waals surface area contributed by atoms with E-state index in [1.54, 1.807) is 0 Å². The molecule has 2 aliphatic carbocycles. The number of nitrogens with one attached hydrogen (secondary N) is 3. The van der Waals surface area contributed by atoms with Crippen molar-refractivity contribution in [2.75, 3.05) is 27.4 Å². The predicted octanol–water partition coefficient (Wildman–Crippen LogP) is 7.54. The number of piperidine rings is 2. The average molecular weight is 863 g/mol. The topological polar surface area (TPSA) is 186 Å². The summed E-state index contributed by atoms with van der Waals surface area (Å²) in [4.78, 5) is 74.4. The van der Waals surface area contributed by atoms with E-state index in [-0.39, 0.29) is 47.8 Å². The number of imidazole rings is 2. The molecule has 2 saturated carbocycles. The molecule has 3 saturated heterocycles. The normalized spacial score (nSPS) is 25.1. The van der Waals surface area contributed by atoms with Crippen molar-refractivity contribution >= 4 is 57.4 Å². The summed E-state index contributed by atoms with van der Waals surface area (Å²) in [5.41, 5.74) is 5.18. The summed E-state index contributed by atoms with van der Waals surface area (Å²) in [6.07, 6.45) is 2.99. The van der Waals surface area contributed by atoms with E-state index in [1.165, 1.54) is 19.1 Å². The minimum Gasteiger partial charge on any atom is -0.465 e. The summed E-state index contributed by atoms with van der Waals surface area (Å²) in [5.74, 6) is 1.63. The number of ether oxygens (including phenoxy) is 2. The molecule has 5 heterocycles. The second kappa shape index (κ2) is 15.6. The summed E-state index contributed by atoms with van der Waals surface area (Å²) in [6.45, 7) is 4.85. The maximum atomic E-state index is 14.4. The molecule has 10 rings (SSSR count). The van der Waals surface area contributed by atoms with Gasteiger partial charge in [0.25, 0.3) is 0 Å². The molecule has 8 atom stereocenters. The van der Waals surface area contributed by atoms with Gasteiger partial charge in [0.2, 0.25) is 11.8 Å². The van der Waals surface area contributed by atoms with Gasteiger partial charge >= 0.3 is 12.2 Å². The van der Waals surface area contributed by atoms with Gasteiger partial charge in [-0.05, 0) is 108 Å². The van der Waals surface area contributed by atoms with Crippen LogP contribution in [-0.2, 0) is 19.1 Å². The highest BCUT2D eigenvalue weighted by Gasteiger charge is 2.58. The molecule has 62 heavy (non-hydrogen) atoms. The lowest BCUT2D eigenvalue weighted by Crippen LogP contribution is -2.54. The fourth-order valence-corrected chi connectivity index (χ4v) is 10.8. The second-order valence-electron chi connectivity index (χ2n) is 18.2. The van der Waals surface area contributed by atoms with Crippen LogP contribution in [-0.4, -0.2) is 115 Å². The largest absolute Gasteiger partial charge is 0.465 e. The number of likely N-dealkylation sites (tertiary alicyclic amines) is 2. The Morgan fingerprint density at radius 2 is 1.44 bits per heavy atom. The number of likely N-dealkylation sites (N-methyl/N-ethyl adjacent to an activating group) is 1. The Labute approximate surface area is 363 Å². The number of hydrogen-bond donors (Lipinski definition) is 4. The predicted molar refractivity (Wildman–Crippen MR) is 231 cm³/mol. The van der Waals surface area contributed by atoms with Crippen LogP contribution < -0.4 is 5.32 Å². The van der Waals surface area contributed by atoms with Crippen LogP contribution in [0.25, 0.3) is 44.2 Å². The zero-order valence-corrected chi connectivity index (χ0v) is 35.9. The number of methoxy groups -OCH3 is 1. The van der Waals surface area contributed by atoms with Gasteiger partial charge in [0.05, 0.1) is 30.2 Å². The molecule has 0 unspecified atom stereocenters. The van der Waals surface area contributed by atoms with Crippen LogP contribution in [0.4, 0.5) is 9.59 Å². The van der Waals surface area contributed by atoms with Crippen LogP contribution in [0, 0.1) is 23.7 Å². The summed E-state index contributed by atoms with van der Waals surface area (Å²) >= 11 is 6.83. The number of H-pyrrole nitrogens is 2. The van der Waals surface area contributed by atoms with Gasteiger partial charge in [-0.3, -0.25) is 14.5 Å². The highest BCUT2D eigenvalue weighted by atomic mass is 35.5. The number of carbonyl (C=O) groups is 4. The Kier molecular flexibility index (Phi) is 10.2. The lowest BCUT2D eigenvalue weighted by Gasteiger charge is -2.38. The first-order valence-corrected chi connectivity index (χ1v) is 22.1. The molecule has 4 amide bonds. The van der Waals surface area contributed by atoms with Gasteiger partial charge in [0.15, 0.2) is 0 Å². The van der Waals surface area contributed by atoms with Crippen molar-refractivity contribution in [3.8, 4) is 22.4 Å². The van der Waals surface area contributed by atoms with Gasteiger partial charge in [-0.25, -0.2) is 19.6 Å². The fourth-order valence-electron chi connectivity index (χ4n) is 10.5. The first-order valence-electron chi connectivity index (χ1n) is 21.7. The lowest BCUT2D eigenvalue weighted by atomic mass is 9.89. The van der Waals surface area contributed by atoms with E-state index in [9.17, 15) is 24.3 Å². The maximum Gasteiger partial charge on any atom is 0.407 e. The minimum absolute atomic E-state index is 0.0987. The number of benzene rings is 3. The van der Waals surface area contributed by atoms with Crippen LogP contribution in [0.5, 0.6) is 0 Å². The first-order chi connectivity index (χ1) is 29.9. The fraction of sp³-hybridized carbons (Fsp3) is 0.478. The molecule has 2 aromatic heterocycles. The zero-order valence-electron chi connectivity index (χ0n) is 35.1. The number of carbonyl (C=O) groups excluding carboxylic acids is 3. The van der Waals surface area contributed by atoms with Gasteiger partial charge in [-0.15, -0.1) is 0 Å². The van der Waals surface area contributed by atoms with Crippen LogP contribution in [0.3, 0.4) is 0 Å². The van der Waals surface area contributed by atoms with E-state index >= 15 is 0 Å². The van der Waals surface area contributed by atoms with E-state index in [2.05, 4.69) is 57.7 Å². The third-order valence-electron chi connectivity index (χ3n) is 14.1. The van der Waals surface area contributed by atoms with Crippen molar-refractivity contribution in [1.29, 1.82) is 0 Å². The van der Waals surface area contributed by atoms with E-state index in [1.807, 2.05) is 35.8 Å². The van der Waals surface area contributed by atoms with Crippen molar-refractivity contribution in [2.45, 2.75) is 88.6 Å². The lowest BCUT2D eigenvalue weighted by molar-refractivity contribution is -0.141. The number of fused-ring (bicyclic) bond motifs is 4. The van der Waals surface area contributed by atoms with Crippen LogP contribution in [0.2, 0.25) is 5.15 Å². The average Bonchev–Trinajstić information content (AvgIpc) is 3.95. The Morgan fingerprint density at radius 3 is 2.08 bits per heavy atom. The third-order valence-corrected chi connectivity index (χ3v) is 14.3. The number of aromatic nitrogens is 4. The van der Waals surface area contributed by atoms with Crippen molar-refractivity contribution in [3.63, 3.8) is 0 Å². The highest BCUT2D eigenvalue weighted by molar-refractivity contribution is 6.32. The van der Waals surface area contributed by atoms with Gasteiger partial charge in [0, 0.05) is 37.9 Å². The van der Waals surface area contributed by atoms with Crippen molar-refractivity contribution in [2.24, 2.45) is 23.7 Å². The second-order valence-corrected chi connectivity index (χ2v) is 18.6. The molecule has 5 aliphatic rings. The molecular formula is C46H51ClN8O7. The number of nitrogens with zero attached hydrogens (tertiary/aromatic N) is 5. The van der Waals surface area contributed by atoms with E-state index in [4.69, 9.17) is 31.0 Å². The Bertz CT molecular complexity index is 2600. The molecule has 4 N–H and O–H groups in total. The molecule has 15 nitrogen and oxygen atoms in total. The number of amides is 4. The minimum atomic E-state index is -1.11. The van der Waals surface area contributed by atoms with Crippen LogP contribution >= 0.6 is 11.6 Å². The number of halogens is 1. The summed E-state index contributed by atoms with van der Waals surface area (Å²) in [5, 5.41) is 15.1. The molecule has 324 valence electrons. The molecule has 3 aromatic carbocycles. The van der Waals surface area contributed by atoms with Crippen molar-refractivity contribution < 1.29 is 33.8 Å². The molecule has 5 aromatic rings. The monoisotopic (exact) mass is 862 g/mol. The third kappa shape index (κ3) is 7.12. The highest BCUT2D eigenvalue weighted by Crippen LogP contribution is 2.55. The Hall–Kier alpha value is -5.67. The number of alkyl carbamates (subject to hydrolysis) is 1. The maximum absolute atomic E-state index is 14.4.